The van der Waals surface area contributed by atoms with Gasteiger partial charge in [-0.2, -0.15) is 4.99 Å². The van der Waals surface area contributed by atoms with Gasteiger partial charge in [-0.25, -0.2) is 4.79 Å². The van der Waals surface area contributed by atoms with Gasteiger partial charge in [-0.3, -0.25) is 14.9 Å². The zero-order valence-electron chi connectivity index (χ0n) is 15.8. The predicted octanol–water partition coefficient (Wildman–Crippen LogP) is 3.17. The number of ether oxygens (including phenoxy) is 1. The van der Waals surface area contributed by atoms with Crippen molar-refractivity contribution >= 4 is 45.2 Å². The van der Waals surface area contributed by atoms with Crippen molar-refractivity contribution in [3.63, 3.8) is 0 Å². The van der Waals surface area contributed by atoms with E-state index in [2.05, 4.69) is 10.9 Å². The summed E-state index contributed by atoms with van der Waals surface area (Å²) in [6.45, 7) is 0.193. The van der Waals surface area contributed by atoms with E-state index in [-0.39, 0.29) is 12.2 Å². The highest BCUT2D eigenvalue weighted by Crippen LogP contribution is 2.20. The van der Waals surface area contributed by atoms with E-state index in [0.717, 1.165) is 10.2 Å². The number of methoxy groups -OCH3 is 1. The Morgan fingerprint density at radius 1 is 1.33 bits per heavy atom. The molecule has 2 aromatic carbocycles. The summed E-state index contributed by atoms with van der Waals surface area (Å²) in [6.07, 6.45) is 8.12. The van der Waals surface area contributed by atoms with Crippen LogP contribution in [0.4, 0.5) is 5.69 Å². The summed E-state index contributed by atoms with van der Waals surface area (Å²) in [5.41, 5.74) is 1.55. The monoisotopic (exact) mass is 421 g/mol. The second-order valence-corrected chi connectivity index (χ2v) is 6.99. The molecule has 0 aliphatic carbocycles. The van der Waals surface area contributed by atoms with Crippen LogP contribution in [0, 0.1) is 22.5 Å². The number of amides is 1. The van der Waals surface area contributed by atoms with Crippen LogP contribution >= 0.6 is 11.3 Å². The first-order chi connectivity index (χ1) is 14.4. The van der Waals surface area contributed by atoms with E-state index in [1.165, 1.54) is 48.8 Å². The molecule has 0 fully saturated rings. The normalized spacial score (nSPS) is 11.5. The Balaban J connectivity index is 1.97. The van der Waals surface area contributed by atoms with Crippen LogP contribution < -0.4 is 4.80 Å². The number of fused-ring (bicyclic) bond motifs is 1. The average molecular weight is 421 g/mol. The third-order valence-electron chi connectivity index (χ3n) is 4.06. The van der Waals surface area contributed by atoms with E-state index in [1.807, 2.05) is 0 Å². The average Bonchev–Trinajstić information content (AvgIpc) is 3.08. The molecule has 150 valence electrons. The van der Waals surface area contributed by atoms with Crippen molar-refractivity contribution in [3.8, 4) is 12.3 Å². The number of benzene rings is 2. The number of nitro benzene ring substituents is 1. The van der Waals surface area contributed by atoms with Crippen molar-refractivity contribution in [2.24, 2.45) is 4.99 Å². The van der Waals surface area contributed by atoms with Gasteiger partial charge < -0.3 is 9.30 Å². The highest BCUT2D eigenvalue weighted by atomic mass is 32.1. The lowest BCUT2D eigenvalue weighted by Crippen LogP contribution is -2.15. The molecule has 9 heteroatoms. The molecule has 0 N–H and O–H groups in total. The minimum atomic E-state index is -0.549. The van der Waals surface area contributed by atoms with E-state index in [1.54, 1.807) is 28.8 Å². The van der Waals surface area contributed by atoms with E-state index >= 15 is 0 Å². The number of hydrogen-bond donors (Lipinski definition) is 0. The Labute approximate surface area is 174 Å². The summed E-state index contributed by atoms with van der Waals surface area (Å²) in [4.78, 5) is 38.9. The van der Waals surface area contributed by atoms with E-state index < -0.39 is 16.8 Å². The molecular weight excluding hydrogens is 406 g/mol. The van der Waals surface area contributed by atoms with Gasteiger partial charge >= 0.3 is 5.97 Å². The number of nitro groups is 1. The van der Waals surface area contributed by atoms with Gasteiger partial charge in [-0.05, 0) is 29.8 Å². The third kappa shape index (κ3) is 4.51. The zero-order chi connectivity index (χ0) is 21.7. The molecule has 0 radical (unpaired) electrons. The Bertz CT molecular complexity index is 1290. The molecule has 0 aliphatic heterocycles. The fourth-order valence-corrected chi connectivity index (χ4v) is 3.76. The van der Waals surface area contributed by atoms with Crippen molar-refractivity contribution in [1.29, 1.82) is 0 Å². The molecule has 0 bridgehead atoms. The number of non-ortho nitro benzene ring substituents is 1. The van der Waals surface area contributed by atoms with Gasteiger partial charge in [0.1, 0.15) is 0 Å². The van der Waals surface area contributed by atoms with Gasteiger partial charge in [0.25, 0.3) is 11.6 Å². The van der Waals surface area contributed by atoms with Gasteiger partial charge in [0.05, 0.1) is 34.4 Å². The van der Waals surface area contributed by atoms with Crippen LogP contribution in [-0.2, 0) is 16.1 Å². The Morgan fingerprint density at radius 3 is 2.83 bits per heavy atom. The topological polar surface area (TPSA) is 104 Å². The first kappa shape index (κ1) is 20.7. The second kappa shape index (κ2) is 8.98. The maximum Gasteiger partial charge on any atom is 0.337 e. The van der Waals surface area contributed by atoms with Crippen molar-refractivity contribution in [2.45, 2.75) is 6.54 Å². The van der Waals surface area contributed by atoms with Crippen LogP contribution in [0.2, 0.25) is 0 Å². The minimum Gasteiger partial charge on any atom is -0.465 e. The highest BCUT2D eigenvalue weighted by Gasteiger charge is 2.11. The zero-order valence-corrected chi connectivity index (χ0v) is 16.6. The predicted molar refractivity (Wildman–Crippen MR) is 113 cm³/mol. The molecule has 1 heterocycles. The van der Waals surface area contributed by atoms with Crippen LogP contribution in [0.25, 0.3) is 16.3 Å². The molecule has 0 saturated carbocycles. The molecule has 0 saturated heterocycles. The summed E-state index contributed by atoms with van der Waals surface area (Å²) in [7, 11) is 1.30. The molecule has 1 aromatic heterocycles. The molecule has 8 nitrogen and oxygen atoms in total. The van der Waals surface area contributed by atoms with E-state index in [9.17, 15) is 19.7 Å². The van der Waals surface area contributed by atoms with Gasteiger partial charge in [0, 0.05) is 18.2 Å². The minimum absolute atomic E-state index is 0.0701. The third-order valence-corrected chi connectivity index (χ3v) is 5.10. The first-order valence-electron chi connectivity index (χ1n) is 8.59. The molecule has 1 amide bonds. The van der Waals surface area contributed by atoms with Crippen LogP contribution in [0.5, 0.6) is 0 Å². The Hall–Kier alpha value is -4.03. The summed E-state index contributed by atoms with van der Waals surface area (Å²) >= 11 is 1.21. The molecule has 0 spiro atoms. The molecule has 0 atom stereocenters. The van der Waals surface area contributed by atoms with Crippen molar-refractivity contribution in [3.05, 3.63) is 74.6 Å². The number of terminal acetylenes is 1. The van der Waals surface area contributed by atoms with Crippen molar-refractivity contribution in [2.75, 3.05) is 7.11 Å². The summed E-state index contributed by atoms with van der Waals surface area (Å²) in [5.74, 6) is 1.51. The van der Waals surface area contributed by atoms with Crippen molar-refractivity contribution < 1.29 is 19.2 Å². The van der Waals surface area contributed by atoms with Gasteiger partial charge in [0.15, 0.2) is 4.80 Å². The van der Waals surface area contributed by atoms with Crippen molar-refractivity contribution in [1.82, 2.24) is 4.57 Å². The standard InChI is InChI=1S/C21H15N3O5S/c1-3-11-23-17-9-8-15(20(26)29-2)13-18(17)30-21(23)22-19(25)10-7-14-5-4-6-16(12-14)24(27)28/h1,4-10,12-13H,11H2,2H3. The number of rotatable bonds is 5. The smallest absolute Gasteiger partial charge is 0.337 e. The van der Waals surface area contributed by atoms with Crippen LogP contribution in [0.15, 0.2) is 53.5 Å². The molecule has 30 heavy (non-hydrogen) atoms. The maximum atomic E-state index is 12.3. The lowest BCUT2D eigenvalue weighted by molar-refractivity contribution is -0.384. The quantitative estimate of drug-likeness (QED) is 0.207. The second-order valence-electron chi connectivity index (χ2n) is 5.98. The molecule has 3 aromatic rings. The number of esters is 1. The summed E-state index contributed by atoms with van der Waals surface area (Å²) < 4.78 is 7.15. The highest BCUT2D eigenvalue weighted by molar-refractivity contribution is 7.16. The lowest BCUT2D eigenvalue weighted by Gasteiger charge is -2.01. The molecular formula is C21H15N3O5S. The fraction of sp³-hybridized carbons (Fsp3) is 0.0952. The number of aromatic nitrogens is 1. The number of carbonyl (C=O) groups is 2. The van der Waals surface area contributed by atoms with Gasteiger partial charge in [-0.15, -0.1) is 6.42 Å². The first-order valence-corrected chi connectivity index (χ1v) is 9.41. The molecule has 0 aliphatic rings. The number of nitrogens with zero attached hydrogens (tertiary/aromatic N) is 3. The SMILES string of the molecule is C#CCn1c(=NC(=O)C=Cc2cccc([N+](=O)[O-])c2)sc2cc(C(=O)OC)ccc21. The lowest BCUT2D eigenvalue weighted by atomic mass is 10.2. The van der Waals surface area contributed by atoms with Crippen LogP contribution in [0.3, 0.4) is 0 Å². The van der Waals surface area contributed by atoms with E-state index in [4.69, 9.17) is 11.2 Å². The molecule has 3 rings (SSSR count). The van der Waals surface area contributed by atoms with Crippen LogP contribution in [0.1, 0.15) is 15.9 Å². The Kier molecular flexibility index (Phi) is 6.20. The van der Waals surface area contributed by atoms with Crippen LogP contribution in [-0.4, -0.2) is 28.5 Å². The molecule has 0 unspecified atom stereocenters. The maximum absolute atomic E-state index is 12.3. The fourth-order valence-electron chi connectivity index (χ4n) is 2.69. The summed E-state index contributed by atoms with van der Waals surface area (Å²) in [6, 6.07) is 10.9. The largest absolute Gasteiger partial charge is 0.465 e. The van der Waals surface area contributed by atoms with Gasteiger partial charge in [0.2, 0.25) is 0 Å². The summed E-state index contributed by atoms with van der Waals surface area (Å²) in [5, 5.41) is 10.9. The van der Waals surface area contributed by atoms with Gasteiger partial charge in [-0.1, -0.05) is 29.4 Å². The number of hydrogen-bond acceptors (Lipinski definition) is 6. The van der Waals surface area contributed by atoms with E-state index in [0.29, 0.717) is 15.9 Å². The number of thiazole rings is 1. The Morgan fingerprint density at radius 2 is 2.13 bits per heavy atom. The number of carbonyl (C=O) groups excluding carboxylic acids is 2.